The Labute approximate surface area is 104 Å². The molecule has 0 aliphatic rings. The molecule has 0 bridgehead atoms. The topological polar surface area (TPSA) is 53.6 Å². The van der Waals surface area contributed by atoms with Crippen molar-refractivity contribution in [3.63, 3.8) is 0 Å². The molecule has 0 atom stereocenters. The predicted octanol–water partition coefficient (Wildman–Crippen LogP) is 3.82. The highest BCUT2D eigenvalue weighted by Gasteiger charge is 2.14. The van der Waals surface area contributed by atoms with Gasteiger partial charge < -0.3 is 14.6 Å². The van der Waals surface area contributed by atoms with E-state index in [4.69, 9.17) is 4.42 Å². The second kappa shape index (κ2) is 3.81. The van der Waals surface area contributed by atoms with Gasteiger partial charge in [0.25, 0.3) is 0 Å². The number of hydrogen-bond donors (Lipinski definition) is 2. The molecule has 0 spiro atoms. The average molecular weight is 240 g/mol. The molecule has 0 saturated carbocycles. The molecule has 3 nitrogen and oxygen atoms in total. The maximum Gasteiger partial charge on any atom is 0.131 e. The lowest BCUT2D eigenvalue weighted by Gasteiger charge is -2.09. The Morgan fingerprint density at radius 2 is 1.67 bits per heavy atom. The van der Waals surface area contributed by atoms with Crippen LogP contribution in [0.2, 0.25) is 0 Å². The minimum atomic E-state index is 0.152. The quantitative estimate of drug-likeness (QED) is 0.636. The first kappa shape index (κ1) is 10.7. The van der Waals surface area contributed by atoms with Crippen LogP contribution in [0, 0.1) is 6.92 Å². The van der Waals surface area contributed by atoms with Crippen LogP contribution in [0.5, 0.6) is 11.5 Å². The molecule has 3 rings (SSSR count). The summed E-state index contributed by atoms with van der Waals surface area (Å²) in [4.78, 5) is 0. The molecule has 0 amide bonds. The Morgan fingerprint density at radius 1 is 0.944 bits per heavy atom. The summed E-state index contributed by atoms with van der Waals surface area (Å²) in [5.41, 5.74) is 1.37. The van der Waals surface area contributed by atoms with E-state index in [1.54, 1.807) is 30.5 Å². The van der Waals surface area contributed by atoms with Gasteiger partial charge in [-0.25, -0.2) is 0 Å². The van der Waals surface area contributed by atoms with Crippen LogP contribution in [-0.4, -0.2) is 10.2 Å². The summed E-state index contributed by atoms with van der Waals surface area (Å²) in [6, 6.07) is 10.5. The van der Waals surface area contributed by atoms with E-state index in [0.29, 0.717) is 22.1 Å². The highest BCUT2D eigenvalue weighted by atomic mass is 16.3. The molecule has 3 heteroatoms. The molecule has 2 N–H and O–H groups in total. The fourth-order valence-electron chi connectivity index (χ4n) is 2.21. The van der Waals surface area contributed by atoms with Crippen LogP contribution in [0.3, 0.4) is 0 Å². The second-order valence-electron chi connectivity index (χ2n) is 4.23. The highest BCUT2D eigenvalue weighted by molar-refractivity contribution is 5.98. The number of benzene rings is 2. The largest absolute Gasteiger partial charge is 0.507 e. The molecule has 0 radical (unpaired) electrons. The first-order valence-electron chi connectivity index (χ1n) is 5.66. The first-order chi connectivity index (χ1) is 8.68. The number of fused-ring (bicyclic) bond motifs is 1. The van der Waals surface area contributed by atoms with Crippen LogP contribution in [0.1, 0.15) is 5.76 Å². The summed E-state index contributed by atoms with van der Waals surface area (Å²) in [5, 5.41) is 21.6. The Hall–Kier alpha value is -2.42. The average Bonchev–Trinajstić information content (AvgIpc) is 2.80. The molecule has 1 heterocycles. The predicted molar refractivity (Wildman–Crippen MR) is 69.7 cm³/mol. The normalized spacial score (nSPS) is 10.9. The van der Waals surface area contributed by atoms with Gasteiger partial charge in [-0.15, -0.1) is 0 Å². The number of hydrogen-bond acceptors (Lipinski definition) is 3. The van der Waals surface area contributed by atoms with Crippen molar-refractivity contribution in [1.29, 1.82) is 0 Å². The lowest BCUT2D eigenvalue weighted by molar-refractivity contribution is 0.471. The van der Waals surface area contributed by atoms with Crippen LogP contribution < -0.4 is 0 Å². The molecule has 2 aromatic carbocycles. The zero-order valence-corrected chi connectivity index (χ0v) is 9.84. The molecule has 0 saturated heterocycles. The fraction of sp³-hybridized carbons (Fsp3) is 0.0667. The molecule has 0 unspecified atom stereocenters. The lowest BCUT2D eigenvalue weighted by atomic mass is 9.99. The van der Waals surface area contributed by atoms with E-state index in [1.165, 1.54) is 0 Å². The van der Waals surface area contributed by atoms with Crippen molar-refractivity contribution in [3.05, 3.63) is 48.4 Å². The fourth-order valence-corrected chi connectivity index (χ4v) is 2.21. The van der Waals surface area contributed by atoms with Crippen LogP contribution in [0.4, 0.5) is 0 Å². The molecule has 0 aliphatic heterocycles. The van der Waals surface area contributed by atoms with Gasteiger partial charge in [0.1, 0.15) is 17.3 Å². The zero-order chi connectivity index (χ0) is 12.7. The molecule has 18 heavy (non-hydrogen) atoms. The molecular formula is C15H12O3. The maximum absolute atomic E-state index is 10.3. The van der Waals surface area contributed by atoms with Gasteiger partial charge in [-0.1, -0.05) is 24.3 Å². The molecule has 0 aliphatic carbocycles. The van der Waals surface area contributed by atoms with Crippen molar-refractivity contribution in [2.45, 2.75) is 6.92 Å². The summed E-state index contributed by atoms with van der Waals surface area (Å²) in [7, 11) is 0. The van der Waals surface area contributed by atoms with Crippen molar-refractivity contribution in [1.82, 2.24) is 0 Å². The van der Waals surface area contributed by atoms with E-state index in [2.05, 4.69) is 0 Å². The lowest BCUT2D eigenvalue weighted by Crippen LogP contribution is -1.83. The van der Waals surface area contributed by atoms with Gasteiger partial charge in [-0.3, -0.25) is 0 Å². The van der Waals surface area contributed by atoms with E-state index in [9.17, 15) is 10.2 Å². The summed E-state index contributed by atoms with van der Waals surface area (Å²) in [6.45, 7) is 1.82. The minimum Gasteiger partial charge on any atom is -0.507 e. The molecule has 3 aromatic rings. The number of furan rings is 1. The van der Waals surface area contributed by atoms with Crippen molar-refractivity contribution in [3.8, 4) is 22.6 Å². The number of phenolic OH excluding ortho intramolecular Hbond substituents is 2. The molecular weight excluding hydrogens is 228 g/mol. The first-order valence-corrected chi connectivity index (χ1v) is 5.66. The SMILES string of the molecule is Cc1occc1-c1cc(O)c2ccccc2c1O. The monoisotopic (exact) mass is 240 g/mol. The summed E-state index contributed by atoms with van der Waals surface area (Å²) < 4.78 is 5.23. The summed E-state index contributed by atoms with van der Waals surface area (Å²) in [5.74, 6) is 1.02. The van der Waals surface area contributed by atoms with E-state index >= 15 is 0 Å². The van der Waals surface area contributed by atoms with Gasteiger partial charge in [0.05, 0.1) is 6.26 Å². The van der Waals surface area contributed by atoms with Crippen molar-refractivity contribution < 1.29 is 14.6 Å². The Balaban J connectivity index is 2.39. The summed E-state index contributed by atoms with van der Waals surface area (Å²) in [6.07, 6.45) is 1.57. The minimum absolute atomic E-state index is 0.152. The smallest absolute Gasteiger partial charge is 0.131 e. The van der Waals surface area contributed by atoms with Crippen LogP contribution in [-0.2, 0) is 0 Å². The van der Waals surface area contributed by atoms with Gasteiger partial charge in [-0.2, -0.15) is 0 Å². The molecule has 90 valence electrons. The van der Waals surface area contributed by atoms with Crippen molar-refractivity contribution >= 4 is 10.8 Å². The van der Waals surface area contributed by atoms with Gasteiger partial charge in [0.15, 0.2) is 0 Å². The summed E-state index contributed by atoms with van der Waals surface area (Å²) >= 11 is 0. The van der Waals surface area contributed by atoms with E-state index in [-0.39, 0.29) is 11.5 Å². The van der Waals surface area contributed by atoms with E-state index < -0.39 is 0 Å². The van der Waals surface area contributed by atoms with Crippen molar-refractivity contribution in [2.75, 3.05) is 0 Å². The van der Waals surface area contributed by atoms with Gasteiger partial charge in [-0.05, 0) is 19.1 Å². The third-order valence-corrected chi connectivity index (χ3v) is 3.14. The van der Waals surface area contributed by atoms with Crippen LogP contribution in [0.15, 0.2) is 47.1 Å². The van der Waals surface area contributed by atoms with E-state index in [1.807, 2.05) is 19.1 Å². The molecule has 0 fully saturated rings. The molecule has 1 aromatic heterocycles. The van der Waals surface area contributed by atoms with Crippen molar-refractivity contribution in [2.24, 2.45) is 0 Å². The number of phenols is 2. The Kier molecular flexibility index (Phi) is 2.27. The number of aryl methyl sites for hydroxylation is 1. The second-order valence-corrected chi connectivity index (χ2v) is 4.23. The van der Waals surface area contributed by atoms with Gasteiger partial charge in [0.2, 0.25) is 0 Å². The third kappa shape index (κ3) is 1.44. The van der Waals surface area contributed by atoms with Gasteiger partial charge in [0, 0.05) is 21.9 Å². The highest BCUT2D eigenvalue weighted by Crippen LogP contribution is 2.41. The maximum atomic E-state index is 10.3. The number of aromatic hydroxyl groups is 2. The zero-order valence-electron chi connectivity index (χ0n) is 9.84. The van der Waals surface area contributed by atoms with E-state index in [0.717, 1.165) is 5.56 Å². The Bertz CT molecular complexity index is 726. The van der Waals surface area contributed by atoms with Crippen LogP contribution >= 0.6 is 0 Å². The van der Waals surface area contributed by atoms with Gasteiger partial charge >= 0.3 is 0 Å². The number of rotatable bonds is 1. The standard InChI is InChI=1S/C15H12O3/c1-9-10(6-7-18-9)13-8-14(16)11-4-2-3-5-12(11)15(13)17/h2-8,16-17H,1H3. The van der Waals surface area contributed by atoms with Crippen LogP contribution in [0.25, 0.3) is 21.9 Å². The Morgan fingerprint density at radius 3 is 2.33 bits per heavy atom. The third-order valence-electron chi connectivity index (χ3n) is 3.14.